The van der Waals surface area contributed by atoms with E-state index in [4.69, 9.17) is 17.3 Å². The number of hydrogen-bond donors (Lipinski definition) is 1. The van der Waals surface area contributed by atoms with Crippen molar-refractivity contribution in [3.05, 3.63) is 91.2 Å². The average Bonchev–Trinajstić information content (AvgIpc) is 2.61. The van der Waals surface area contributed by atoms with Gasteiger partial charge < -0.3 is 5.73 Å². The summed E-state index contributed by atoms with van der Waals surface area (Å²) in [5.41, 5.74) is 7.24. The molecular formula is C18H13ClFN3O2S. The molecule has 0 fully saturated rings. The number of nitrogens with zero attached hydrogens (tertiary/aromatic N) is 2. The van der Waals surface area contributed by atoms with Crippen LogP contribution in [0, 0.1) is 27.3 Å². The normalized spacial score (nSPS) is 22.7. The van der Waals surface area contributed by atoms with Gasteiger partial charge in [0.15, 0.2) is 0 Å². The highest BCUT2D eigenvalue weighted by molar-refractivity contribution is 8.03. The van der Waals surface area contributed by atoms with Crippen molar-refractivity contribution >= 4 is 23.4 Å². The van der Waals surface area contributed by atoms with Crippen molar-refractivity contribution in [2.75, 3.05) is 0 Å². The smallest absolute Gasteiger partial charge is 0.240 e. The summed E-state index contributed by atoms with van der Waals surface area (Å²) in [5.74, 6) is -1.32. The van der Waals surface area contributed by atoms with Gasteiger partial charge in [-0.3, -0.25) is 10.1 Å². The van der Waals surface area contributed by atoms with Crippen molar-refractivity contribution in [3.63, 3.8) is 0 Å². The number of hydrogen-bond acceptors (Lipinski definition) is 5. The summed E-state index contributed by atoms with van der Waals surface area (Å²) in [6.45, 7) is 0. The second kappa shape index (κ2) is 7.36. The van der Waals surface area contributed by atoms with Gasteiger partial charge in [-0.2, -0.15) is 5.26 Å². The van der Waals surface area contributed by atoms with Crippen LogP contribution in [0.4, 0.5) is 4.39 Å². The molecule has 0 saturated carbocycles. The molecule has 132 valence electrons. The first-order chi connectivity index (χ1) is 12.4. The van der Waals surface area contributed by atoms with Crippen LogP contribution < -0.4 is 5.73 Å². The highest BCUT2D eigenvalue weighted by Gasteiger charge is 2.48. The Hall–Kier alpha value is -2.56. The predicted octanol–water partition coefficient (Wildman–Crippen LogP) is 4.39. The van der Waals surface area contributed by atoms with Crippen molar-refractivity contribution < 1.29 is 9.31 Å². The fourth-order valence-corrected chi connectivity index (χ4v) is 4.63. The van der Waals surface area contributed by atoms with Crippen LogP contribution >= 0.6 is 23.4 Å². The van der Waals surface area contributed by atoms with Crippen molar-refractivity contribution in [1.82, 2.24) is 0 Å². The maximum Gasteiger partial charge on any atom is 0.240 e. The maximum atomic E-state index is 13.3. The number of rotatable bonds is 3. The van der Waals surface area contributed by atoms with Crippen molar-refractivity contribution in [3.8, 4) is 6.07 Å². The van der Waals surface area contributed by atoms with Gasteiger partial charge in [-0.15, -0.1) is 0 Å². The molecule has 8 heteroatoms. The third kappa shape index (κ3) is 3.26. The highest BCUT2D eigenvalue weighted by Crippen LogP contribution is 2.51. The molecule has 0 aromatic heterocycles. The van der Waals surface area contributed by atoms with Crippen molar-refractivity contribution in [2.45, 2.75) is 17.2 Å². The third-order valence-electron chi connectivity index (χ3n) is 4.28. The molecule has 0 spiro atoms. The number of benzene rings is 2. The fraction of sp³-hybridized carbons (Fsp3) is 0.167. The molecular weight excluding hydrogens is 377 g/mol. The van der Waals surface area contributed by atoms with E-state index in [0.717, 1.165) is 11.8 Å². The second-order valence-electron chi connectivity index (χ2n) is 5.75. The molecule has 1 heterocycles. The zero-order valence-electron chi connectivity index (χ0n) is 13.3. The molecule has 26 heavy (non-hydrogen) atoms. The minimum absolute atomic E-state index is 0.128. The number of thioether (sulfide) groups is 1. The van der Waals surface area contributed by atoms with E-state index in [1.165, 1.54) is 24.3 Å². The molecule has 0 aliphatic carbocycles. The lowest BCUT2D eigenvalue weighted by molar-refractivity contribution is -0.525. The molecule has 2 aromatic carbocycles. The average molecular weight is 390 g/mol. The summed E-state index contributed by atoms with van der Waals surface area (Å²) in [7, 11) is 0. The topological polar surface area (TPSA) is 93.0 Å². The quantitative estimate of drug-likeness (QED) is 0.620. The molecule has 3 atom stereocenters. The standard InChI is InChI=1S/C18H13ClFN3O2S/c19-14-4-2-1-3-12(14)15-13(9-21)18(22)26-17(16(15)23(24)25)10-5-7-11(20)8-6-10/h1-8,15-17H,22H2/t15-,16+,17+/m1/s1. The molecule has 3 rings (SSSR count). The van der Waals surface area contributed by atoms with Crippen LogP contribution in [0.15, 0.2) is 59.1 Å². The molecule has 2 aromatic rings. The van der Waals surface area contributed by atoms with Crippen molar-refractivity contribution in [1.29, 1.82) is 5.26 Å². The third-order valence-corrected chi connectivity index (χ3v) is 5.91. The second-order valence-corrected chi connectivity index (χ2v) is 7.35. The van der Waals surface area contributed by atoms with Gasteiger partial charge in [0, 0.05) is 9.95 Å². The van der Waals surface area contributed by atoms with Crippen LogP contribution in [0.25, 0.3) is 0 Å². The number of halogens is 2. The molecule has 2 N–H and O–H groups in total. The Bertz CT molecular complexity index is 927. The van der Waals surface area contributed by atoms with E-state index < -0.39 is 28.0 Å². The van der Waals surface area contributed by atoms with Gasteiger partial charge in [0.05, 0.1) is 22.6 Å². The summed E-state index contributed by atoms with van der Waals surface area (Å²) in [6.07, 6.45) is 0. The fourth-order valence-electron chi connectivity index (χ4n) is 3.11. The van der Waals surface area contributed by atoms with Crippen LogP contribution in [-0.4, -0.2) is 11.0 Å². The Kier molecular flexibility index (Phi) is 5.16. The van der Waals surface area contributed by atoms with Crippen LogP contribution in [0.5, 0.6) is 0 Å². The number of nitrogens with two attached hydrogens (primary N) is 1. The zero-order valence-corrected chi connectivity index (χ0v) is 14.9. The van der Waals surface area contributed by atoms with Crippen molar-refractivity contribution in [2.24, 2.45) is 5.73 Å². The molecule has 1 aliphatic rings. The molecule has 0 saturated heterocycles. The van der Waals surface area contributed by atoms with Crippen LogP contribution in [0.3, 0.4) is 0 Å². The SMILES string of the molecule is N#CC1=C(N)S[C@@H](c2ccc(F)cc2)[C@@H]([N+](=O)[O-])[C@@H]1c1ccccc1Cl. The molecule has 0 unspecified atom stereocenters. The summed E-state index contributed by atoms with van der Waals surface area (Å²) < 4.78 is 13.3. The summed E-state index contributed by atoms with van der Waals surface area (Å²) >= 11 is 7.31. The summed E-state index contributed by atoms with van der Waals surface area (Å²) in [5, 5.41) is 21.4. The van der Waals surface area contributed by atoms with E-state index in [-0.39, 0.29) is 10.6 Å². The molecule has 0 amide bonds. The molecule has 0 radical (unpaired) electrons. The Morgan fingerprint density at radius 1 is 1.23 bits per heavy atom. The lowest BCUT2D eigenvalue weighted by atomic mass is 9.82. The van der Waals surface area contributed by atoms with Crippen LogP contribution in [0.2, 0.25) is 5.02 Å². The van der Waals surface area contributed by atoms with E-state index in [1.807, 2.05) is 6.07 Å². The van der Waals surface area contributed by atoms with Gasteiger partial charge in [0.1, 0.15) is 11.1 Å². The Balaban J connectivity index is 2.20. The first kappa shape index (κ1) is 18.2. The first-order valence-electron chi connectivity index (χ1n) is 7.63. The van der Waals surface area contributed by atoms with Gasteiger partial charge >= 0.3 is 0 Å². The lowest BCUT2D eigenvalue weighted by Gasteiger charge is -2.32. The van der Waals surface area contributed by atoms with E-state index >= 15 is 0 Å². The van der Waals surface area contributed by atoms with Gasteiger partial charge in [-0.05, 0) is 29.3 Å². The lowest BCUT2D eigenvalue weighted by Crippen LogP contribution is -2.37. The molecule has 0 bridgehead atoms. The van der Waals surface area contributed by atoms with E-state index in [0.29, 0.717) is 16.1 Å². The van der Waals surface area contributed by atoms with Gasteiger partial charge in [-0.1, -0.05) is 53.7 Å². The monoisotopic (exact) mass is 389 g/mol. The number of nitro groups is 1. The van der Waals surface area contributed by atoms with E-state index in [9.17, 15) is 19.8 Å². The number of nitriles is 1. The van der Waals surface area contributed by atoms with E-state index in [2.05, 4.69) is 0 Å². The highest BCUT2D eigenvalue weighted by atomic mass is 35.5. The Morgan fingerprint density at radius 2 is 1.88 bits per heavy atom. The molecule has 1 aliphatic heterocycles. The summed E-state index contributed by atoms with van der Waals surface area (Å²) in [4.78, 5) is 11.6. The van der Waals surface area contributed by atoms with E-state index in [1.54, 1.807) is 24.3 Å². The maximum absolute atomic E-state index is 13.3. The summed E-state index contributed by atoms with van der Waals surface area (Å²) in [6, 6.07) is 13.0. The van der Waals surface area contributed by atoms with Crippen LogP contribution in [0.1, 0.15) is 22.3 Å². The van der Waals surface area contributed by atoms with Gasteiger partial charge in [-0.25, -0.2) is 4.39 Å². The predicted molar refractivity (Wildman–Crippen MR) is 98.5 cm³/mol. The van der Waals surface area contributed by atoms with Gasteiger partial charge in [0.2, 0.25) is 6.04 Å². The van der Waals surface area contributed by atoms with Crippen LogP contribution in [-0.2, 0) is 0 Å². The van der Waals surface area contributed by atoms with Gasteiger partial charge in [0.25, 0.3) is 0 Å². The Morgan fingerprint density at radius 3 is 2.46 bits per heavy atom. The minimum atomic E-state index is -1.17. The minimum Gasteiger partial charge on any atom is -0.393 e. The first-order valence-corrected chi connectivity index (χ1v) is 8.89. The Labute approximate surface area is 158 Å². The largest absolute Gasteiger partial charge is 0.393 e. The zero-order chi connectivity index (χ0) is 18.8. The molecule has 5 nitrogen and oxygen atoms in total.